The first-order valence-electron chi connectivity index (χ1n) is 3.62. The Balaban J connectivity index is 2.04. The van der Waals surface area contributed by atoms with E-state index in [1.165, 1.54) is 19.3 Å². The molecule has 1 aliphatic heterocycles. The summed E-state index contributed by atoms with van der Waals surface area (Å²) in [6, 6.07) is 0. The molecule has 0 bridgehead atoms. The van der Waals surface area contributed by atoms with Crippen LogP contribution in [0, 0.1) is 0 Å². The van der Waals surface area contributed by atoms with E-state index in [1.54, 1.807) is 0 Å². The molecule has 2 rings (SSSR count). The number of hydrogen-bond acceptors (Lipinski definition) is 1. The maximum absolute atomic E-state index is 10.8. The molecule has 9 heavy (non-hydrogen) atoms. The lowest BCUT2D eigenvalue weighted by molar-refractivity contribution is -0.123. The minimum atomic E-state index is 0.263. The molecule has 0 aromatic carbocycles. The van der Waals surface area contributed by atoms with Gasteiger partial charge in [0.15, 0.2) is 0 Å². The summed E-state index contributed by atoms with van der Waals surface area (Å²) in [5, 5.41) is 3.03. The third-order valence-corrected chi connectivity index (χ3v) is 2.32. The molecule has 1 N–H and O–H groups in total. The van der Waals surface area contributed by atoms with Crippen LogP contribution < -0.4 is 5.32 Å². The molecule has 0 aromatic rings. The first-order chi connectivity index (χ1) is 4.31. The summed E-state index contributed by atoms with van der Waals surface area (Å²) in [4.78, 5) is 10.8. The van der Waals surface area contributed by atoms with Gasteiger partial charge in [0.25, 0.3) is 0 Å². The molecule has 2 fully saturated rings. The van der Waals surface area contributed by atoms with Crippen molar-refractivity contribution in [2.45, 2.75) is 37.6 Å². The molecule has 0 radical (unpaired) electrons. The molecule has 0 aromatic heterocycles. The first kappa shape index (κ1) is 5.27. The second kappa shape index (κ2) is 1.49. The van der Waals surface area contributed by atoms with Gasteiger partial charge in [-0.25, -0.2) is 0 Å². The molecular weight excluding hydrogens is 114 g/mol. The van der Waals surface area contributed by atoms with Crippen molar-refractivity contribution < 1.29 is 4.79 Å². The van der Waals surface area contributed by atoms with Gasteiger partial charge in [-0.05, 0) is 25.7 Å². The van der Waals surface area contributed by atoms with E-state index in [9.17, 15) is 4.79 Å². The molecule has 1 spiro atoms. The lowest BCUT2D eigenvalue weighted by Crippen LogP contribution is -2.40. The Bertz CT molecular complexity index is 149. The van der Waals surface area contributed by atoms with Crippen molar-refractivity contribution in [3.8, 4) is 0 Å². The van der Waals surface area contributed by atoms with Crippen LogP contribution in [0.3, 0.4) is 0 Å². The van der Waals surface area contributed by atoms with Crippen molar-refractivity contribution in [3.63, 3.8) is 0 Å². The van der Waals surface area contributed by atoms with Crippen molar-refractivity contribution in [1.29, 1.82) is 0 Å². The van der Waals surface area contributed by atoms with E-state index >= 15 is 0 Å². The van der Waals surface area contributed by atoms with E-state index in [-0.39, 0.29) is 5.91 Å². The van der Waals surface area contributed by atoms with E-state index in [0.717, 1.165) is 12.8 Å². The van der Waals surface area contributed by atoms with Gasteiger partial charge in [0.1, 0.15) is 0 Å². The highest BCUT2D eigenvalue weighted by Gasteiger charge is 2.45. The highest BCUT2D eigenvalue weighted by molar-refractivity contribution is 5.78. The maximum Gasteiger partial charge on any atom is 0.220 e. The zero-order chi connectivity index (χ0) is 6.32. The number of nitrogens with one attached hydrogen (secondary N) is 1. The average molecular weight is 125 g/mol. The van der Waals surface area contributed by atoms with Crippen LogP contribution in [0.15, 0.2) is 0 Å². The van der Waals surface area contributed by atoms with Crippen LogP contribution in [0.25, 0.3) is 0 Å². The minimum absolute atomic E-state index is 0.263. The van der Waals surface area contributed by atoms with Crippen LogP contribution in [0.5, 0.6) is 0 Å². The summed E-state index contributed by atoms with van der Waals surface area (Å²) in [6.45, 7) is 0. The first-order valence-corrected chi connectivity index (χ1v) is 3.62. The molecule has 2 heteroatoms. The normalized spacial score (nSPS) is 30.0. The average Bonchev–Trinajstić information content (AvgIpc) is 2.49. The minimum Gasteiger partial charge on any atom is -0.351 e. The molecule has 1 saturated heterocycles. The molecule has 2 nitrogen and oxygen atoms in total. The smallest absolute Gasteiger partial charge is 0.220 e. The third-order valence-electron chi connectivity index (χ3n) is 2.32. The summed E-state index contributed by atoms with van der Waals surface area (Å²) in [5.41, 5.74) is 0.301. The van der Waals surface area contributed by atoms with E-state index in [0.29, 0.717) is 5.54 Å². The van der Waals surface area contributed by atoms with Crippen LogP contribution in [-0.4, -0.2) is 11.4 Å². The van der Waals surface area contributed by atoms with Gasteiger partial charge < -0.3 is 5.32 Å². The van der Waals surface area contributed by atoms with Crippen molar-refractivity contribution >= 4 is 5.91 Å². The van der Waals surface area contributed by atoms with Crippen molar-refractivity contribution in [2.24, 2.45) is 0 Å². The molecule has 2 aliphatic rings. The zero-order valence-electron chi connectivity index (χ0n) is 5.44. The van der Waals surface area contributed by atoms with Crippen LogP contribution >= 0.6 is 0 Å². The number of piperidine rings is 1. The SMILES string of the molecule is O=C1CCCC2(CC2)N1. The Hall–Kier alpha value is -0.530. The van der Waals surface area contributed by atoms with E-state index in [2.05, 4.69) is 5.32 Å². The van der Waals surface area contributed by atoms with Crippen molar-refractivity contribution in [3.05, 3.63) is 0 Å². The maximum atomic E-state index is 10.8. The van der Waals surface area contributed by atoms with Crippen LogP contribution in [0.4, 0.5) is 0 Å². The second-order valence-electron chi connectivity index (χ2n) is 3.18. The largest absolute Gasteiger partial charge is 0.351 e. The van der Waals surface area contributed by atoms with Gasteiger partial charge >= 0.3 is 0 Å². The molecule has 1 saturated carbocycles. The lowest BCUT2D eigenvalue weighted by atomic mass is 10.0. The van der Waals surface area contributed by atoms with Crippen LogP contribution in [-0.2, 0) is 4.79 Å². The molecule has 0 atom stereocenters. The third kappa shape index (κ3) is 0.824. The van der Waals surface area contributed by atoms with Gasteiger partial charge in [0.05, 0.1) is 0 Å². The van der Waals surface area contributed by atoms with Gasteiger partial charge in [-0.3, -0.25) is 4.79 Å². The summed E-state index contributed by atoms with van der Waals surface area (Å²) in [7, 11) is 0. The molecule has 1 heterocycles. The number of carbonyl (C=O) groups excluding carboxylic acids is 1. The standard InChI is InChI=1S/C7H11NO/c9-6-2-1-3-7(8-6)4-5-7/h1-5H2,(H,8,9). The Labute approximate surface area is 54.6 Å². The predicted molar refractivity (Wildman–Crippen MR) is 34.0 cm³/mol. The van der Waals surface area contributed by atoms with Crippen molar-refractivity contribution in [1.82, 2.24) is 5.32 Å². The fourth-order valence-corrected chi connectivity index (χ4v) is 1.53. The summed E-state index contributed by atoms with van der Waals surface area (Å²) in [5.74, 6) is 0.263. The predicted octanol–water partition coefficient (Wildman–Crippen LogP) is 0.819. The Morgan fingerprint density at radius 1 is 1.33 bits per heavy atom. The molecule has 0 unspecified atom stereocenters. The summed E-state index contributed by atoms with van der Waals surface area (Å²) < 4.78 is 0. The number of amides is 1. The summed E-state index contributed by atoms with van der Waals surface area (Å²) >= 11 is 0. The molecular formula is C7H11NO. The molecule has 1 amide bonds. The number of hydrogen-bond donors (Lipinski definition) is 1. The topological polar surface area (TPSA) is 29.1 Å². The van der Waals surface area contributed by atoms with Gasteiger partial charge in [0, 0.05) is 12.0 Å². The summed E-state index contributed by atoms with van der Waals surface area (Å²) in [6.07, 6.45) is 5.52. The zero-order valence-corrected chi connectivity index (χ0v) is 5.44. The van der Waals surface area contributed by atoms with E-state index in [1.807, 2.05) is 0 Å². The fourth-order valence-electron chi connectivity index (χ4n) is 1.53. The number of rotatable bonds is 0. The fraction of sp³-hybridized carbons (Fsp3) is 0.857. The van der Waals surface area contributed by atoms with Gasteiger partial charge in [-0.1, -0.05) is 0 Å². The van der Waals surface area contributed by atoms with Gasteiger partial charge in [0.2, 0.25) is 5.91 Å². The molecule has 50 valence electrons. The van der Waals surface area contributed by atoms with Gasteiger partial charge in [-0.15, -0.1) is 0 Å². The van der Waals surface area contributed by atoms with E-state index < -0.39 is 0 Å². The van der Waals surface area contributed by atoms with E-state index in [4.69, 9.17) is 0 Å². The Kier molecular flexibility index (Phi) is 0.875. The second-order valence-corrected chi connectivity index (χ2v) is 3.18. The molecule has 1 aliphatic carbocycles. The van der Waals surface area contributed by atoms with Crippen molar-refractivity contribution in [2.75, 3.05) is 0 Å². The highest BCUT2D eigenvalue weighted by atomic mass is 16.1. The number of carbonyl (C=O) groups is 1. The highest BCUT2D eigenvalue weighted by Crippen LogP contribution is 2.41. The monoisotopic (exact) mass is 125 g/mol. The van der Waals surface area contributed by atoms with Crippen LogP contribution in [0.1, 0.15) is 32.1 Å². The van der Waals surface area contributed by atoms with Gasteiger partial charge in [-0.2, -0.15) is 0 Å². The quantitative estimate of drug-likeness (QED) is 0.510. The van der Waals surface area contributed by atoms with Crippen LogP contribution in [0.2, 0.25) is 0 Å². The Morgan fingerprint density at radius 2 is 2.11 bits per heavy atom. The Morgan fingerprint density at radius 3 is 2.56 bits per heavy atom. The lowest BCUT2D eigenvalue weighted by Gasteiger charge is -2.21.